The average Bonchev–Trinajstić information content (AvgIpc) is 3.56. The van der Waals surface area contributed by atoms with E-state index in [1.54, 1.807) is 14.2 Å². The lowest BCUT2D eigenvalue weighted by Gasteiger charge is -2.27. The third-order valence-electron chi connectivity index (χ3n) is 7.88. The molecule has 3 nitrogen and oxygen atoms in total. The normalized spacial score (nSPS) is 19.1. The van der Waals surface area contributed by atoms with Crippen molar-refractivity contribution in [1.82, 2.24) is 0 Å². The minimum absolute atomic E-state index is 0.301. The van der Waals surface area contributed by atoms with Crippen molar-refractivity contribution >= 4 is 5.78 Å². The molecule has 2 aliphatic carbocycles. The summed E-state index contributed by atoms with van der Waals surface area (Å²) in [6.45, 7) is 0. The van der Waals surface area contributed by atoms with E-state index in [1.165, 1.54) is 62.5 Å². The molecular formula is C29H38O3. The summed E-state index contributed by atoms with van der Waals surface area (Å²) in [4.78, 5) is 13.6. The lowest BCUT2D eigenvalue weighted by Crippen LogP contribution is -2.19. The fourth-order valence-electron chi connectivity index (χ4n) is 6.15. The van der Waals surface area contributed by atoms with Gasteiger partial charge in [-0.25, -0.2) is 0 Å². The van der Waals surface area contributed by atoms with Gasteiger partial charge in [0.25, 0.3) is 0 Å². The van der Waals surface area contributed by atoms with Crippen LogP contribution < -0.4 is 9.47 Å². The number of hydrogen-bond donors (Lipinski definition) is 0. The minimum Gasteiger partial charge on any atom is -0.497 e. The Labute approximate surface area is 193 Å². The molecule has 3 heteroatoms. The van der Waals surface area contributed by atoms with E-state index < -0.39 is 0 Å². The second kappa shape index (κ2) is 11.0. The van der Waals surface area contributed by atoms with Crippen molar-refractivity contribution in [3.05, 3.63) is 59.7 Å². The number of hydrogen-bond acceptors (Lipinski definition) is 3. The Morgan fingerprint density at radius 2 is 1.16 bits per heavy atom. The zero-order chi connectivity index (χ0) is 22.3. The molecule has 0 amide bonds. The van der Waals surface area contributed by atoms with Crippen LogP contribution in [0, 0.1) is 11.8 Å². The molecule has 2 saturated carbocycles. The highest BCUT2D eigenvalue weighted by Crippen LogP contribution is 2.43. The summed E-state index contributed by atoms with van der Waals surface area (Å²) in [5, 5.41) is 0. The lowest BCUT2D eigenvalue weighted by atomic mass is 9.77. The summed E-state index contributed by atoms with van der Waals surface area (Å²) in [6, 6.07) is 16.8. The lowest BCUT2D eigenvalue weighted by molar-refractivity contribution is -0.120. The van der Waals surface area contributed by atoms with E-state index >= 15 is 0 Å². The van der Waals surface area contributed by atoms with Gasteiger partial charge in [-0.1, -0.05) is 49.9 Å². The molecule has 0 aromatic heterocycles. The van der Waals surface area contributed by atoms with Crippen LogP contribution in [0.25, 0.3) is 0 Å². The van der Waals surface area contributed by atoms with Crippen LogP contribution in [0.3, 0.4) is 0 Å². The van der Waals surface area contributed by atoms with Crippen molar-refractivity contribution < 1.29 is 14.3 Å². The number of carbonyl (C=O) groups is 1. The van der Waals surface area contributed by atoms with E-state index in [-0.39, 0.29) is 0 Å². The van der Waals surface area contributed by atoms with Gasteiger partial charge in [-0.15, -0.1) is 0 Å². The molecular weight excluding hydrogens is 396 g/mol. The van der Waals surface area contributed by atoms with E-state index in [4.69, 9.17) is 9.47 Å². The molecule has 0 aliphatic heterocycles. The smallest absolute Gasteiger partial charge is 0.134 e. The summed E-state index contributed by atoms with van der Waals surface area (Å²) in [6.07, 6.45) is 11.4. The van der Waals surface area contributed by atoms with Gasteiger partial charge in [-0.3, -0.25) is 4.79 Å². The zero-order valence-electron chi connectivity index (χ0n) is 19.7. The molecule has 0 heterocycles. The van der Waals surface area contributed by atoms with Crippen LogP contribution in [0.1, 0.15) is 87.2 Å². The van der Waals surface area contributed by atoms with Crippen molar-refractivity contribution in [1.29, 1.82) is 0 Å². The average molecular weight is 435 g/mol. The zero-order valence-corrected chi connectivity index (χ0v) is 19.7. The van der Waals surface area contributed by atoms with Crippen molar-refractivity contribution in [2.45, 2.75) is 76.0 Å². The standard InChI is InChI=1S/C29H38O3/c1-31-26-15-7-13-23(17-26)28(21-9-3-4-10-21)19-25(30)20-29(22-11-5-6-12-22)24-14-8-16-27(18-24)32-2/h7-8,13-18,21-22,28-29H,3-6,9-12,19-20H2,1-2H3/t28-,29-/m1/s1. The first-order valence-electron chi connectivity index (χ1n) is 12.5. The fraction of sp³-hybridized carbons (Fsp3) is 0.552. The maximum absolute atomic E-state index is 13.6. The number of ketones is 1. The SMILES string of the molecule is COc1cccc([C@H](CC(=O)C[C@@H](c2cccc(OC)c2)C2CCCC2)C2CCCC2)c1. The van der Waals surface area contributed by atoms with Gasteiger partial charge in [0.15, 0.2) is 0 Å². The summed E-state index contributed by atoms with van der Waals surface area (Å²) in [7, 11) is 3.43. The first kappa shape index (κ1) is 22.9. The van der Waals surface area contributed by atoms with Crippen molar-refractivity contribution in [2.75, 3.05) is 14.2 Å². The predicted molar refractivity (Wildman–Crippen MR) is 130 cm³/mol. The third-order valence-corrected chi connectivity index (χ3v) is 7.88. The third kappa shape index (κ3) is 5.54. The number of rotatable bonds is 10. The van der Waals surface area contributed by atoms with E-state index in [0.29, 0.717) is 42.3 Å². The highest BCUT2D eigenvalue weighted by molar-refractivity contribution is 5.80. The Morgan fingerprint density at radius 3 is 1.53 bits per heavy atom. The van der Waals surface area contributed by atoms with Gasteiger partial charge in [0.1, 0.15) is 17.3 Å². The molecule has 2 aromatic rings. The monoisotopic (exact) mass is 434 g/mol. The summed E-state index contributed by atoms with van der Waals surface area (Å²) in [5.74, 6) is 3.99. The van der Waals surface area contributed by atoms with Crippen LogP contribution >= 0.6 is 0 Å². The maximum Gasteiger partial charge on any atom is 0.134 e. The minimum atomic E-state index is 0.301. The first-order chi connectivity index (χ1) is 15.7. The number of carbonyl (C=O) groups excluding carboxylic acids is 1. The Hall–Kier alpha value is -2.29. The Morgan fingerprint density at radius 1 is 0.750 bits per heavy atom. The number of ether oxygens (including phenoxy) is 2. The molecule has 2 atom stereocenters. The number of Topliss-reactive ketones (excluding diaryl/α,β-unsaturated/α-hetero) is 1. The van der Waals surface area contributed by atoms with Crippen LogP contribution in [0.5, 0.6) is 11.5 Å². The van der Waals surface area contributed by atoms with Crippen molar-refractivity contribution in [2.24, 2.45) is 11.8 Å². The largest absolute Gasteiger partial charge is 0.497 e. The second-order valence-corrected chi connectivity index (χ2v) is 9.80. The van der Waals surface area contributed by atoms with Crippen LogP contribution in [0.15, 0.2) is 48.5 Å². The Balaban J connectivity index is 1.54. The molecule has 172 valence electrons. The van der Waals surface area contributed by atoms with Crippen LogP contribution in [-0.2, 0) is 4.79 Å². The maximum atomic E-state index is 13.6. The van der Waals surface area contributed by atoms with E-state index in [0.717, 1.165) is 11.5 Å². The summed E-state index contributed by atoms with van der Waals surface area (Å²) >= 11 is 0. The van der Waals surface area contributed by atoms with Gasteiger partial charge in [0.2, 0.25) is 0 Å². The van der Waals surface area contributed by atoms with Gasteiger partial charge in [-0.2, -0.15) is 0 Å². The molecule has 32 heavy (non-hydrogen) atoms. The molecule has 2 aliphatic rings. The van der Waals surface area contributed by atoms with E-state index in [9.17, 15) is 4.79 Å². The second-order valence-electron chi connectivity index (χ2n) is 9.80. The number of methoxy groups -OCH3 is 2. The van der Waals surface area contributed by atoms with Gasteiger partial charge < -0.3 is 9.47 Å². The number of benzene rings is 2. The molecule has 0 radical (unpaired) electrons. The van der Waals surface area contributed by atoms with Gasteiger partial charge >= 0.3 is 0 Å². The van der Waals surface area contributed by atoms with Crippen LogP contribution in [-0.4, -0.2) is 20.0 Å². The van der Waals surface area contributed by atoms with Gasteiger partial charge in [0.05, 0.1) is 14.2 Å². The van der Waals surface area contributed by atoms with Crippen LogP contribution in [0.4, 0.5) is 0 Å². The molecule has 2 fully saturated rings. The molecule has 4 rings (SSSR count). The molecule has 0 unspecified atom stereocenters. The first-order valence-corrected chi connectivity index (χ1v) is 12.5. The Kier molecular flexibility index (Phi) is 7.89. The predicted octanol–water partition coefficient (Wildman–Crippen LogP) is 7.30. The fourth-order valence-corrected chi connectivity index (χ4v) is 6.15. The van der Waals surface area contributed by atoms with Crippen LogP contribution in [0.2, 0.25) is 0 Å². The van der Waals surface area contributed by atoms with Crippen molar-refractivity contribution in [3.63, 3.8) is 0 Å². The van der Waals surface area contributed by atoms with Gasteiger partial charge in [-0.05, 0) is 84.7 Å². The molecule has 0 bridgehead atoms. The summed E-state index contributed by atoms with van der Waals surface area (Å²) < 4.78 is 11.0. The molecule has 0 saturated heterocycles. The molecule has 2 aromatic carbocycles. The molecule has 0 spiro atoms. The van der Waals surface area contributed by atoms with Gasteiger partial charge in [0, 0.05) is 12.8 Å². The highest BCUT2D eigenvalue weighted by Gasteiger charge is 2.32. The van der Waals surface area contributed by atoms with E-state index in [1.807, 2.05) is 12.1 Å². The van der Waals surface area contributed by atoms with Crippen molar-refractivity contribution in [3.8, 4) is 11.5 Å². The summed E-state index contributed by atoms with van der Waals surface area (Å²) in [5.41, 5.74) is 2.53. The topological polar surface area (TPSA) is 35.5 Å². The highest BCUT2D eigenvalue weighted by atomic mass is 16.5. The Bertz CT molecular complexity index is 806. The molecule has 0 N–H and O–H groups in total. The quantitative estimate of drug-likeness (QED) is 0.393. The van der Waals surface area contributed by atoms with E-state index in [2.05, 4.69) is 36.4 Å².